The van der Waals surface area contributed by atoms with Crippen LogP contribution in [-0.4, -0.2) is 50.4 Å². The van der Waals surface area contributed by atoms with E-state index in [2.05, 4.69) is 20.2 Å². The van der Waals surface area contributed by atoms with Crippen molar-refractivity contribution in [1.82, 2.24) is 9.71 Å². The van der Waals surface area contributed by atoms with Crippen LogP contribution in [0.15, 0.2) is 40.5 Å². The first-order chi connectivity index (χ1) is 14.2. The van der Waals surface area contributed by atoms with E-state index in [-0.39, 0.29) is 27.9 Å². The van der Waals surface area contributed by atoms with Crippen LogP contribution in [0.5, 0.6) is 0 Å². The molecule has 1 amide bonds. The van der Waals surface area contributed by atoms with Crippen molar-refractivity contribution in [3.8, 4) is 0 Å². The first-order valence-corrected chi connectivity index (χ1v) is 11.4. The molecule has 1 aliphatic heterocycles. The lowest BCUT2D eigenvalue weighted by Crippen LogP contribution is -2.30. The highest BCUT2D eigenvalue weighted by molar-refractivity contribution is 7.89. The molecule has 12 heteroatoms. The van der Waals surface area contributed by atoms with Crippen LogP contribution in [0.1, 0.15) is 25.8 Å². The van der Waals surface area contributed by atoms with Crippen molar-refractivity contribution in [2.45, 2.75) is 37.3 Å². The molecule has 0 unspecified atom stereocenters. The molecule has 2 N–H and O–H groups in total. The summed E-state index contributed by atoms with van der Waals surface area (Å²) in [4.78, 5) is 21.9. The minimum absolute atomic E-state index is 0.0480. The van der Waals surface area contributed by atoms with Gasteiger partial charge in [-0.15, -0.1) is 0 Å². The number of carbonyl (C=O) groups excluding carboxylic acids is 1. The summed E-state index contributed by atoms with van der Waals surface area (Å²) in [6.07, 6.45) is 1.33. The fourth-order valence-corrected chi connectivity index (χ4v) is 4.38. The van der Waals surface area contributed by atoms with Crippen LogP contribution in [-0.2, 0) is 24.4 Å². The number of hydrogen-bond donors (Lipinski definition) is 2. The molecule has 0 bridgehead atoms. The van der Waals surface area contributed by atoms with E-state index in [4.69, 9.17) is 9.57 Å². The van der Waals surface area contributed by atoms with Crippen LogP contribution in [0, 0.1) is 5.13 Å². The molecule has 2 aromatic rings. The highest BCUT2D eigenvalue weighted by Crippen LogP contribution is 2.18. The molecule has 0 spiro atoms. The second-order valence-corrected chi connectivity index (χ2v) is 9.45. The van der Waals surface area contributed by atoms with Gasteiger partial charge in [0.25, 0.3) is 5.91 Å². The lowest BCUT2D eigenvalue weighted by Gasteiger charge is -2.11. The van der Waals surface area contributed by atoms with Crippen molar-refractivity contribution < 1.29 is 27.2 Å². The van der Waals surface area contributed by atoms with Crippen LogP contribution in [0.3, 0.4) is 0 Å². The molecule has 0 saturated carbocycles. The molecule has 0 aliphatic carbocycles. The zero-order valence-corrected chi connectivity index (χ0v) is 17.9. The summed E-state index contributed by atoms with van der Waals surface area (Å²) < 4.78 is 45.5. The van der Waals surface area contributed by atoms with Gasteiger partial charge in [0.15, 0.2) is 22.1 Å². The second-order valence-electron chi connectivity index (χ2n) is 6.75. The van der Waals surface area contributed by atoms with Crippen LogP contribution >= 0.6 is 11.3 Å². The van der Waals surface area contributed by atoms with Crippen molar-refractivity contribution in [3.63, 3.8) is 0 Å². The zero-order valence-electron chi connectivity index (χ0n) is 16.3. The summed E-state index contributed by atoms with van der Waals surface area (Å²) in [5.41, 5.74) is 0.227. The first-order valence-electron chi connectivity index (χ1n) is 9.11. The Hall–Kier alpha value is -2.41. The van der Waals surface area contributed by atoms with Crippen molar-refractivity contribution >= 4 is 38.1 Å². The van der Waals surface area contributed by atoms with Crippen molar-refractivity contribution in [3.05, 3.63) is 41.2 Å². The first kappa shape index (κ1) is 22.3. The van der Waals surface area contributed by atoms with Gasteiger partial charge in [-0.2, -0.15) is 4.39 Å². The molecule has 2 heterocycles. The third kappa shape index (κ3) is 5.81. The van der Waals surface area contributed by atoms with Crippen molar-refractivity contribution in [1.29, 1.82) is 0 Å². The topological polar surface area (TPSA) is 119 Å². The van der Waals surface area contributed by atoms with Gasteiger partial charge >= 0.3 is 0 Å². The van der Waals surface area contributed by atoms with Crippen LogP contribution in [0.25, 0.3) is 0 Å². The molecule has 1 aromatic heterocycles. The molecule has 1 aromatic carbocycles. The summed E-state index contributed by atoms with van der Waals surface area (Å²) in [5.74, 6) is -0.667. The number of nitrogens with zero attached hydrogens (tertiary/aromatic N) is 2. The minimum Gasteiger partial charge on any atom is -0.389 e. The van der Waals surface area contributed by atoms with Gasteiger partial charge < -0.3 is 9.57 Å². The fraction of sp³-hybridized carbons (Fsp3) is 0.389. The number of ether oxygens (including phenoxy) is 1. The number of sulfonamides is 1. The number of nitrogens with one attached hydrogen (secondary N) is 2. The molecule has 3 rings (SSSR count). The Morgan fingerprint density at radius 3 is 2.67 bits per heavy atom. The summed E-state index contributed by atoms with van der Waals surface area (Å²) in [6.45, 7) is 4.32. The lowest BCUT2D eigenvalue weighted by atomic mass is 10.1. The molecule has 9 nitrogen and oxygen atoms in total. The van der Waals surface area contributed by atoms with E-state index in [1.54, 1.807) is 13.8 Å². The number of aromatic nitrogens is 1. The minimum atomic E-state index is -3.68. The van der Waals surface area contributed by atoms with E-state index in [0.717, 1.165) is 6.20 Å². The van der Waals surface area contributed by atoms with E-state index < -0.39 is 21.1 Å². The SMILES string of the molecule is CC(C)NS(=O)(=O)c1ccc(/C(=N\O[C@@H]2CCOC2)C(=O)Nc2ncc(F)s2)cc1. The lowest BCUT2D eigenvalue weighted by molar-refractivity contribution is -0.110. The molecule has 1 saturated heterocycles. The van der Waals surface area contributed by atoms with Crippen LogP contribution < -0.4 is 10.0 Å². The molecule has 30 heavy (non-hydrogen) atoms. The van der Waals surface area contributed by atoms with E-state index >= 15 is 0 Å². The Balaban J connectivity index is 1.85. The van der Waals surface area contributed by atoms with Crippen LogP contribution in [0.4, 0.5) is 9.52 Å². The average molecular weight is 457 g/mol. The Morgan fingerprint density at radius 1 is 1.37 bits per heavy atom. The normalized spacial score (nSPS) is 17.3. The molecular formula is C18H21FN4O5S2. The van der Waals surface area contributed by atoms with Crippen LogP contribution in [0.2, 0.25) is 0 Å². The van der Waals surface area contributed by atoms with Gasteiger partial charge in [-0.1, -0.05) is 28.6 Å². The number of halogens is 1. The molecular weight excluding hydrogens is 435 g/mol. The molecule has 1 aliphatic rings. The van der Waals surface area contributed by atoms with E-state index in [1.165, 1.54) is 24.3 Å². The monoisotopic (exact) mass is 456 g/mol. The largest absolute Gasteiger partial charge is 0.389 e. The van der Waals surface area contributed by atoms with E-state index in [9.17, 15) is 17.6 Å². The fourth-order valence-electron chi connectivity index (χ4n) is 2.59. The Morgan fingerprint density at radius 2 is 2.10 bits per heavy atom. The number of benzene rings is 1. The third-order valence-electron chi connectivity index (χ3n) is 3.92. The maximum absolute atomic E-state index is 13.2. The Labute approximate surface area is 177 Å². The highest BCUT2D eigenvalue weighted by Gasteiger charge is 2.22. The second kappa shape index (κ2) is 9.60. The maximum Gasteiger partial charge on any atom is 0.280 e. The van der Waals surface area contributed by atoms with Gasteiger partial charge in [0, 0.05) is 18.0 Å². The quantitative estimate of drug-likeness (QED) is 0.464. The number of anilines is 1. The van der Waals surface area contributed by atoms with E-state index in [0.29, 0.717) is 36.5 Å². The molecule has 162 valence electrons. The van der Waals surface area contributed by atoms with Crippen molar-refractivity contribution in [2.75, 3.05) is 18.5 Å². The van der Waals surface area contributed by atoms with Crippen molar-refractivity contribution in [2.24, 2.45) is 5.16 Å². The number of hydrogen-bond acceptors (Lipinski definition) is 8. The highest BCUT2D eigenvalue weighted by atomic mass is 32.2. The van der Waals surface area contributed by atoms with Gasteiger partial charge in [-0.3, -0.25) is 10.1 Å². The summed E-state index contributed by atoms with van der Waals surface area (Å²) >= 11 is 0.670. The van der Waals surface area contributed by atoms with Gasteiger partial charge in [-0.25, -0.2) is 18.1 Å². The summed E-state index contributed by atoms with van der Waals surface area (Å²) in [5, 5.41) is 5.94. The van der Waals surface area contributed by atoms with Gasteiger partial charge in [-0.05, 0) is 26.0 Å². The standard InChI is InChI=1S/C18H21FN4O5S2/c1-11(2)23-30(25,26)14-5-3-12(4-6-14)16(22-28-13-7-8-27-10-13)17(24)21-18-20-9-15(19)29-18/h3-6,9,11,13,23H,7-8,10H2,1-2H3,(H,20,21,24)/b22-16+/t13-/m1/s1. The smallest absolute Gasteiger partial charge is 0.280 e. The molecule has 1 atom stereocenters. The number of thiazole rings is 1. The Kier molecular flexibility index (Phi) is 7.13. The average Bonchev–Trinajstić information content (AvgIpc) is 3.33. The number of carbonyl (C=O) groups is 1. The molecule has 0 radical (unpaired) electrons. The zero-order chi connectivity index (χ0) is 21.7. The predicted octanol–water partition coefficient (Wildman–Crippen LogP) is 2.12. The van der Waals surface area contributed by atoms with Gasteiger partial charge in [0.1, 0.15) is 0 Å². The maximum atomic E-state index is 13.2. The molecule has 1 fully saturated rings. The van der Waals surface area contributed by atoms with E-state index in [1.807, 2.05) is 0 Å². The predicted molar refractivity (Wildman–Crippen MR) is 109 cm³/mol. The summed E-state index contributed by atoms with van der Waals surface area (Å²) in [6, 6.07) is 5.36. The summed E-state index contributed by atoms with van der Waals surface area (Å²) in [7, 11) is -3.68. The number of oxime groups is 1. The number of amides is 1. The van der Waals surface area contributed by atoms with Gasteiger partial charge in [0.05, 0.1) is 24.3 Å². The number of rotatable bonds is 8. The third-order valence-corrected chi connectivity index (χ3v) is 6.30. The Bertz CT molecular complexity index is 1020. The van der Waals surface area contributed by atoms with Gasteiger partial charge in [0.2, 0.25) is 10.0 Å².